The third-order valence-corrected chi connectivity index (χ3v) is 2.97. The molecule has 2 rings (SSSR count). The minimum atomic E-state index is -0.573. The summed E-state index contributed by atoms with van der Waals surface area (Å²) in [6.45, 7) is 0. The van der Waals surface area contributed by atoms with E-state index in [0.717, 1.165) is 0 Å². The molecule has 2 aromatic rings. The molecule has 0 aliphatic heterocycles. The third kappa shape index (κ3) is 4.28. The Hall–Kier alpha value is -2.41. The molecule has 2 amide bonds. The molecule has 108 valence electrons. The molecule has 0 bridgehead atoms. The largest absolute Gasteiger partial charge is 0.453 e. The number of rotatable bonds is 3. The van der Waals surface area contributed by atoms with Crippen molar-refractivity contribution in [2.75, 3.05) is 17.7 Å². The van der Waals surface area contributed by atoms with E-state index >= 15 is 0 Å². The standard InChI is InChI=1S/C14H12BrN3O3/c1-21-14(20)18-11-4-2-3-10(8-11)17-13(19)9-5-6-16-12(15)7-9/h2-8H,1H3,(H,17,19)(H,18,20). The third-order valence-electron chi connectivity index (χ3n) is 2.54. The highest BCUT2D eigenvalue weighted by atomic mass is 79.9. The van der Waals surface area contributed by atoms with E-state index in [1.807, 2.05) is 0 Å². The van der Waals surface area contributed by atoms with Gasteiger partial charge in [-0.3, -0.25) is 10.1 Å². The maximum Gasteiger partial charge on any atom is 0.411 e. The predicted molar refractivity (Wildman–Crippen MR) is 82.4 cm³/mol. The number of anilines is 2. The van der Waals surface area contributed by atoms with Crippen molar-refractivity contribution in [2.45, 2.75) is 0 Å². The van der Waals surface area contributed by atoms with Crippen molar-refractivity contribution in [3.63, 3.8) is 0 Å². The SMILES string of the molecule is COC(=O)Nc1cccc(NC(=O)c2ccnc(Br)c2)c1. The van der Waals surface area contributed by atoms with Crippen molar-refractivity contribution < 1.29 is 14.3 Å². The van der Waals surface area contributed by atoms with Gasteiger partial charge in [0.2, 0.25) is 0 Å². The van der Waals surface area contributed by atoms with Gasteiger partial charge in [0.25, 0.3) is 5.91 Å². The van der Waals surface area contributed by atoms with Crippen molar-refractivity contribution >= 4 is 39.3 Å². The molecule has 1 heterocycles. The lowest BCUT2D eigenvalue weighted by atomic mass is 10.2. The second kappa shape index (κ2) is 6.85. The van der Waals surface area contributed by atoms with Crippen LogP contribution in [-0.2, 0) is 4.74 Å². The summed E-state index contributed by atoms with van der Waals surface area (Å²) in [5.41, 5.74) is 1.56. The highest BCUT2D eigenvalue weighted by molar-refractivity contribution is 9.10. The maximum absolute atomic E-state index is 12.1. The number of aromatic nitrogens is 1. The zero-order valence-corrected chi connectivity index (χ0v) is 12.7. The minimum Gasteiger partial charge on any atom is -0.453 e. The Morgan fingerprint density at radius 3 is 2.52 bits per heavy atom. The smallest absolute Gasteiger partial charge is 0.411 e. The topological polar surface area (TPSA) is 80.3 Å². The summed E-state index contributed by atoms with van der Waals surface area (Å²) >= 11 is 3.21. The highest BCUT2D eigenvalue weighted by Gasteiger charge is 2.08. The number of carbonyl (C=O) groups is 2. The summed E-state index contributed by atoms with van der Waals surface area (Å²) in [6.07, 6.45) is 0.963. The van der Waals surface area contributed by atoms with E-state index in [0.29, 0.717) is 21.5 Å². The number of halogens is 1. The molecule has 0 fully saturated rings. The number of methoxy groups -OCH3 is 1. The van der Waals surface area contributed by atoms with E-state index in [9.17, 15) is 9.59 Å². The first kappa shape index (κ1) is 15.0. The Morgan fingerprint density at radius 1 is 1.14 bits per heavy atom. The quantitative estimate of drug-likeness (QED) is 0.833. The monoisotopic (exact) mass is 349 g/mol. The Labute approximate surface area is 129 Å². The average molecular weight is 350 g/mol. The van der Waals surface area contributed by atoms with Gasteiger partial charge in [-0.2, -0.15) is 0 Å². The van der Waals surface area contributed by atoms with Crippen LogP contribution >= 0.6 is 15.9 Å². The summed E-state index contributed by atoms with van der Waals surface area (Å²) in [7, 11) is 1.28. The van der Waals surface area contributed by atoms with Gasteiger partial charge in [-0.25, -0.2) is 9.78 Å². The van der Waals surface area contributed by atoms with Gasteiger partial charge in [-0.1, -0.05) is 6.07 Å². The molecule has 0 aliphatic rings. The second-order valence-corrected chi connectivity index (χ2v) is 4.83. The first-order valence-electron chi connectivity index (χ1n) is 5.96. The van der Waals surface area contributed by atoms with Crippen LogP contribution in [0.25, 0.3) is 0 Å². The Morgan fingerprint density at radius 2 is 1.86 bits per heavy atom. The van der Waals surface area contributed by atoms with E-state index in [1.54, 1.807) is 36.4 Å². The molecule has 7 heteroatoms. The summed E-state index contributed by atoms with van der Waals surface area (Å²) < 4.78 is 5.09. The van der Waals surface area contributed by atoms with Gasteiger partial charge in [0.1, 0.15) is 4.60 Å². The zero-order chi connectivity index (χ0) is 15.2. The van der Waals surface area contributed by atoms with Gasteiger partial charge >= 0.3 is 6.09 Å². The van der Waals surface area contributed by atoms with Gasteiger partial charge in [0.05, 0.1) is 7.11 Å². The van der Waals surface area contributed by atoms with E-state index in [2.05, 4.69) is 36.3 Å². The molecule has 1 aromatic heterocycles. The van der Waals surface area contributed by atoms with E-state index in [1.165, 1.54) is 13.3 Å². The molecule has 0 saturated carbocycles. The van der Waals surface area contributed by atoms with Crippen LogP contribution in [-0.4, -0.2) is 24.1 Å². The Bertz CT molecular complexity index is 676. The Balaban J connectivity index is 2.11. The summed E-state index contributed by atoms with van der Waals surface area (Å²) in [5.74, 6) is -0.270. The van der Waals surface area contributed by atoms with Crippen LogP contribution in [0.5, 0.6) is 0 Å². The summed E-state index contributed by atoms with van der Waals surface area (Å²) in [6, 6.07) is 9.98. The number of pyridine rings is 1. The summed E-state index contributed by atoms with van der Waals surface area (Å²) in [5, 5.41) is 5.26. The van der Waals surface area contributed by atoms with E-state index in [4.69, 9.17) is 0 Å². The fraction of sp³-hybridized carbons (Fsp3) is 0.0714. The van der Waals surface area contributed by atoms with Crippen molar-refractivity contribution in [3.05, 3.63) is 52.8 Å². The van der Waals surface area contributed by atoms with Crippen LogP contribution < -0.4 is 10.6 Å². The molecule has 0 aliphatic carbocycles. The van der Waals surface area contributed by atoms with Crippen LogP contribution in [0.3, 0.4) is 0 Å². The second-order valence-electron chi connectivity index (χ2n) is 4.02. The van der Waals surface area contributed by atoms with Gasteiger partial charge in [-0.15, -0.1) is 0 Å². The number of hydrogen-bond donors (Lipinski definition) is 2. The first-order chi connectivity index (χ1) is 10.1. The van der Waals surface area contributed by atoms with E-state index in [-0.39, 0.29) is 5.91 Å². The lowest BCUT2D eigenvalue weighted by Crippen LogP contribution is -2.13. The maximum atomic E-state index is 12.1. The zero-order valence-electron chi connectivity index (χ0n) is 11.1. The van der Waals surface area contributed by atoms with E-state index < -0.39 is 6.09 Å². The number of carbonyl (C=O) groups excluding carboxylic acids is 2. The van der Waals surface area contributed by atoms with Crippen LogP contribution in [0.15, 0.2) is 47.2 Å². The number of nitrogens with zero attached hydrogens (tertiary/aromatic N) is 1. The van der Waals surface area contributed by atoms with Crippen LogP contribution in [0, 0.1) is 0 Å². The fourth-order valence-corrected chi connectivity index (χ4v) is 1.96. The fourth-order valence-electron chi connectivity index (χ4n) is 1.59. The van der Waals surface area contributed by atoms with Gasteiger partial charge in [-0.05, 0) is 46.3 Å². The molecule has 0 atom stereocenters. The van der Waals surface area contributed by atoms with Crippen LogP contribution in [0.4, 0.5) is 16.2 Å². The molecule has 2 N–H and O–H groups in total. The van der Waals surface area contributed by atoms with Crippen molar-refractivity contribution in [1.29, 1.82) is 0 Å². The van der Waals surface area contributed by atoms with Gasteiger partial charge in [0, 0.05) is 23.1 Å². The van der Waals surface area contributed by atoms with Gasteiger partial charge in [0.15, 0.2) is 0 Å². The molecule has 0 radical (unpaired) electrons. The molecular weight excluding hydrogens is 338 g/mol. The molecule has 0 saturated heterocycles. The molecule has 6 nitrogen and oxygen atoms in total. The number of hydrogen-bond acceptors (Lipinski definition) is 4. The van der Waals surface area contributed by atoms with Crippen molar-refractivity contribution in [1.82, 2.24) is 4.98 Å². The van der Waals surface area contributed by atoms with Crippen molar-refractivity contribution in [2.24, 2.45) is 0 Å². The molecular formula is C14H12BrN3O3. The molecule has 0 spiro atoms. The normalized spacial score (nSPS) is 9.81. The number of benzene rings is 1. The van der Waals surface area contributed by atoms with Crippen molar-refractivity contribution in [3.8, 4) is 0 Å². The molecule has 0 unspecified atom stereocenters. The predicted octanol–water partition coefficient (Wildman–Crippen LogP) is 3.27. The Kier molecular flexibility index (Phi) is 4.89. The molecule has 21 heavy (non-hydrogen) atoms. The minimum absolute atomic E-state index is 0.270. The first-order valence-corrected chi connectivity index (χ1v) is 6.76. The van der Waals surface area contributed by atoms with Crippen LogP contribution in [0.1, 0.15) is 10.4 Å². The summed E-state index contributed by atoms with van der Waals surface area (Å²) in [4.78, 5) is 27.2. The number of nitrogens with one attached hydrogen (secondary N) is 2. The van der Waals surface area contributed by atoms with Gasteiger partial charge < -0.3 is 10.1 Å². The lowest BCUT2D eigenvalue weighted by molar-refractivity contribution is 0.102. The number of amides is 2. The average Bonchev–Trinajstić information content (AvgIpc) is 2.47. The lowest BCUT2D eigenvalue weighted by Gasteiger charge is -2.08. The number of ether oxygens (including phenoxy) is 1. The molecule has 1 aromatic carbocycles. The van der Waals surface area contributed by atoms with Crippen LogP contribution in [0.2, 0.25) is 0 Å². The highest BCUT2D eigenvalue weighted by Crippen LogP contribution is 2.17.